The fraction of sp³-hybridized carbons (Fsp3) is 1.00. The Bertz CT molecular complexity index is 127. The number of hydrogen-bond acceptors (Lipinski definition) is 3. The quantitative estimate of drug-likeness (QED) is 0.474. The molecule has 3 atom stereocenters. The summed E-state index contributed by atoms with van der Waals surface area (Å²) < 4.78 is 5.26. The summed E-state index contributed by atoms with van der Waals surface area (Å²) in [5, 5.41) is 12.6. The van der Waals surface area contributed by atoms with Crippen molar-refractivity contribution in [2.24, 2.45) is 5.92 Å². The molecule has 0 spiro atoms. The molecule has 58 valence electrons. The minimum absolute atomic E-state index is 0.131. The molecule has 0 aromatic carbocycles. The third-order valence-electron chi connectivity index (χ3n) is 2.49. The third kappa shape index (κ3) is 0.944. The largest absolute Gasteiger partial charge is 0.391 e. The van der Waals surface area contributed by atoms with Gasteiger partial charge in [0, 0.05) is 25.1 Å². The van der Waals surface area contributed by atoms with Gasteiger partial charge in [-0.3, -0.25) is 0 Å². The number of nitrogens with one attached hydrogen (secondary N) is 1. The summed E-state index contributed by atoms with van der Waals surface area (Å²) in [6, 6.07) is 0.420. The summed E-state index contributed by atoms with van der Waals surface area (Å²) in [5.74, 6) is 0.453. The maximum atomic E-state index is 9.41. The summed E-state index contributed by atoms with van der Waals surface area (Å²) in [7, 11) is 0. The van der Waals surface area contributed by atoms with E-state index < -0.39 is 0 Å². The zero-order chi connectivity index (χ0) is 6.97. The van der Waals surface area contributed by atoms with Crippen molar-refractivity contribution < 1.29 is 9.84 Å². The van der Waals surface area contributed by atoms with Gasteiger partial charge in [-0.1, -0.05) is 0 Å². The normalized spacial score (nSPS) is 47.1. The molecule has 0 aliphatic carbocycles. The van der Waals surface area contributed by atoms with Gasteiger partial charge in [0.05, 0.1) is 12.7 Å². The molecule has 3 heteroatoms. The number of ether oxygens (including phenoxy) is 1. The highest BCUT2D eigenvalue weighted by Gasteiger charge is 2.36. The lowest BCUT2D eigenvalue weighted by molar-refractivity contribution is 0.0207. The molecule has 2 saturated heterocycles. The highest BCUT2D eigenvalue weighted by Crippen LogP contribution is 2.23. The Morgan fingerprint density at radius 3 is 3.20 bits per heavy atom. The number of hydrogen-bond donors (Lipinski definition) is 2. The van der Waals surface area contributed by atoms with Gasteiger partial charge in [-0.2, -0.15) is 0 Å². The van der Waals surface area contributed by atoms with Crippen LogP contribution in [0.25, 0.3) is 0 Å². The monoisotopic (exact) mass is 143 g/mol. The fourth-order valence-corrected chi connectivity index (χ4v) is 1.85. The van der Waals surface area contributed by atoms with Crippen molar-refractivity contribution in [2.45, 2.75) is 18.6 Å². The zero-order valence-electron chi connectivity index (χ0n) is 5.92. The Hall–Kier alpha value is -0.120. The molecular formula is C7H13NO2. The van der Waals surface area contributed by atoms with Crippen LogP contribution < -0.4 is 5.32 Å². The van der Waals surface area contributed by atoms with E-state index in [4.69, 9.17) is 4.74 Å². The smallest absolute Gasteiger partial charge is 0.0709 e. The first-order valence-electron chi connectivity index (χ1n) is 3.87. The summed E-state index contributed by atoms with van der Waals surface area (Å²) in [5.41, 5.74) is 0. The second-order valence-corrected chi connectivity index (χ2v) is 3.11. The lowest BCUT2D eigenvalue weighted by Gasteiger charge is -2.26. The van der Waals surface area contributed by atoms with Crippen LogP contribution >= 0.6 is 0 Å². The number of rotatable bonds is 0. The average Bonchev–Trinajstić information content (AvgIpc) is 2.34. The van der Waals surface area contributed by atoms with E-state index in [-0.39, 0.29) is 6.10 Å². The predicted molar refractivity (Wildman–Crippen MR) is 36.7 cm³/mol. The Morgan fingerprint density at radius 1 is 1.50 bits per heavy atom. The van der Waals surface area contributed by atoms with Gasteiger partial charge in [0.2, 0.25) is 0 Å². The summed E-state index contributed by atoms with van der Waals surface area (Å²) in [6.45, 7) is 2.35. The second kappa shape index (κ2) is 2.49. The first kappa shape index (κ1) is 6.58. The van der Waals surface area contributed by atoms with Crippen molar-refractivity contribution in [1.82, 2.24) is 5.32 Å². The van der Waals surface area contributed by atoms with Crippen LogP contribution in [0.3, 0.4) is 0 Å². The van der Waals surface area contributed by atoms with Crippen LogP contribution in [0.5, 0.6) is 0 Å². The lowest BCUT2D eigenvalue weighted by Crippen LogP contribution is -2.37. The molecule has 2 heterocycles. The van der Waals surface area contributed by atoms with Crippen LogP contribution in [0, 0.1) is 5.92 Å². The Balaban J connectivity index is 2.01. The fourth-order valence-electron chi connectivity index (χ4n) is 1.85. The summed E-state index contributed by atoms with van der Waals surface area (Å²) >= 11 is 0. The number of aliphatic hydroxyl groups is 1. The van der Waals surface area contributed by atoms with E-state index in [1.165, 1.54) is 0 Å². The molecule has 2 aliphatic heterocycles. The van der Waals surface area contributed by atoms with Crippen LogP contribution in [-0.2, 0) is 4.74 Å². The molecule has 10 heavy (non-hydrogen) atoms. The minimum atomic E-state index is -0.131. The van der Waals surface area contributed by atoms with Crippen molar-refractivity contribution >= 4 is 0 Å². The maximum Gasteiger partial charge on any atom is 0.0709 e. The van der Waals surface area contributed by atoms with E-state index in [0.29, 0.717) is 12.0 Å². The number of fused-ring (bicyclic) bond motifs is 1. The molecule has 0 aromatic rings. The number of aliphatic hydroxyl groups excluding tert-OH is 1. The van der Waals surface area contributed by atoms with Crippen molar-refractivity contribution in [3.63, 3.8) is 0 Å². The first-order valence-corrected chi connectivity index (χ1v) is 3.87. The highest BCUT2D eigenvalue weighted by molar-refractivity contribution is 4.91. The maximum absolute atomic E-state index is 9.41. The van der Waals surface area contributed by atoms with Crippen molar-refractivity contribution in [3.8, 4) is 0 Å². The molecule has 0 saturated carbocycles. The molecule has 2 N–H and O–H groups in total. The molecule has 3 unspecified atom stereocenters. The van der Waals surface area contributed by atoms with E-state index >= 15 is 0 Å². The molecule has 2 rings (SSSR count). The van der Waals surface area contributed by atoms with Crippen LogP contribution in [0.15, 0.2) is 0 Å². The van der Waals surface area contributed by atoms with Gasteiger partial charge < -0.3 is 15.2 Å². The molecule has 2 aliphatic rings. The Morgan fingerprint density at radius 2 is 2.40 bits per heavy atom. The van der Waals surface area contributed by atoms with Crippen molar-refractivity contribution in [2.75, 3.05) is 19.8 Å². The van der Waals surface area contributed by atoms with Gasteiger partial charge >= 0.3 is 0 Å². The molecule has 0 amide bonds. The second-order valence-electron chi connectivity index (χ2n) is 3.11. The molecule has 2 fully saturated rings. The minimum Gasteiger partial charge on any atom is -0.391 e. The highest BCUT2D eigenvalue weighted by atomic mass is 16.5. The number of β-amino-alcohol motifs (C(OH)–C–C–N with tert-alkyl or cyclic N) is 1. The molecule has 0 radical (unpaired) electrons. The van der Waals surface area contributed by atoms with Crippen LogP contribution in [0.2, 0.25) is 0 Å². The topological polar surface area (TPSA) is 41.5 Å². The van der Waals surface area contributed by atoms with E-state index in [9.17, 15) is 5.11 Å². The van der Waals surface area contributed by atoms with Gasteiger partial charge in [-0.25, -0.2) is 0 Å². The van der Waals surface area contributed by atoms with Gasteiger partial charge in [0.1, 0.15) is 0 Å². The summed E-state index contributed by atoms with van der Waals surface area (Å²) in [6.07, 6.45) is 0.882. The van der Waals surface area contributed by atoms with Gasteiger partial charge in [0.15, 0.2) is 0 Å². The van der Waals surface area contributed by atoms with Crippen molar-refractivity contribution in [1.29, 1.82) is 0 Å². The van der Waals surface area contributed by atoms with E-state index in [1.807, 2.05) is 0 Å². The van der Waals surface area contributed by atoms with E-state index in [1.54, 1.807) is 0 Å². The van der Waals surface area contributed by atoms with Crippen molar-refractivity contribution in [3.05, 3.63) is 0 Å². The predicted octanol–water partition coefficient (Wildman–Crippen LogP) is -0.644. The van der Waals surface area contributed by atoms with E-state index in [2.05, 4.69) is 5.32 Å². The summed E-state index contributed by atoms with van der Waals surface area (Å²) in [4.78, 5) is 0. The third-order valence-corrected chi connectivity index (χ3v) is 2.49. The molecule has 0 bridgehead atoms. The Labute approximate surface area is 60.4 Å². The molecule has 3 nitrogen and oxygen atoms in total. The van der Waals surface area contributed by atoms with Crippen LogP contribution in [-0.4, -0.2) is 37.0 Å². The van der Waals surface area contributed by atoms with Crippen LogP contribution in [0.4, 0.5) is 0 Å². The van der Waals surface area contributed by atoms with Gasteiger partial charge in [-0.15, -0.1) is 0 Å². The Kier molecular flexibility index (Phi) is 1.64. The SMILES string of the molecule is OC1CNC2COCCC12. The molecular weight excluding hydrogens is 130 g/mol. The van der Waals surface area contributed by atoms with Gasteiger partial charge in [-0.05, 0) is 6.42 Å². The standard InChI is InChI=1S/C7H13NO2/c9-7-3-8-6-4-10-2-1-5(6)7/h5-9H,1-4H2. The zero-order valence-corrected chi connectivity index (χ0v) is 5.92. The first-order chi connectivity index (χ1) is 4.88. The van der Waals surface area contributed by atoms with Crippen LogP contribution in [0.1, 0.15) is 6.42 Å². The average molecular weight is 143 g/mol. The lowest BCUT2D eigenvalue weighted by atomic mass is 9.94. The van der Waals surface area contributed by atoms with Gasteiger partial charge in [0.25, 0.3) is 0 Å². The molecule has 0 aromatic heterocycles. The van der Waals surface area contributed by atoms with E-state index in [0.717, 1.165) is 26.2 Å².